The van der Waals surface area contributed by atoms with Gasteiger partial charge in [-0.15, -0.1) is 0 Å². The Morgan fingerprint density at radius 3 is 2.04 bits per heavy atom. The van der Waals surface area contributed by atoms with Gasteiger partial charge in [-0.05, 0) is 61.7 Å². The summed E-state index contributed by atoms with van der Waals surface area (Å²) in [6.07, 6.45) is 1.04. The van der Waals surface area contributed by atoms with Crippen LogP contribution in [0.2, 0.25) is 0 Å². The lowest BCUT2D eigenvalue weighted by atomic mass is 9.96. The zero-order valence-corrected chi connectivity index (χ0v) is 19.4. The third kappa shape index (κ3) is 5.03. The number of carbonyl (C=O) groups excluding carboxylic acids is 1. The van der Waals surface area contributed by atoms with Crippen LogP contribution in [0.25, 0.3) is 0 Å². The fourth-order valence-electron chi connectivity index (χ4n) is 3.28. The number of nitrogens with zero attached hydrogens (tertiary/aromatic N) is 1. The first kappa shape index (κ1) is 21.5. The molecule has 1 aliphatic rings. The highest BCUT2D eigenvalue weighted by Crippen LogP contribution is 2.26. The van der Waals surface area contributed by atoms with Gasteiger partial charge < -0.3 is 5.32 Å². The molecule has 0 aliphatic carbocycles. The van der Waals surface area contributed by atoms with E-state index in [1.807, 2.05) is 31.2 Å². The minimum Gasteiger partial charge on any atom is -0.349 e. The van der Waals surface area contributed by atoms with Gasteiger partial charge in [0, 0.05) is 28.0 Å². The van der Waals surface area contributed by atoms with E-state index < -0.39 is 10.0 Å². The van der Waals surface area contributed by atoms with Crippen LogP contribution < -0.4 is 5.32 Å². The number of hydrogen-bond donors (Lipinski definition) is 1. The molecule has 0 bridgehead atoms. The molecule has 1 unspecified atom stereocenters. The van der Waals surface area contributed by atoms with Gasteiger partial charge in [-0.2, -0.15) is 4.31 Å². The van der Waals surface area contributed by atoms with Crippen LogP contribution in [-0.4, -0.2) is 31.7 Å². The van der Waals surface area contributed by atoms with Gasteiger partial charge in [-0.1, -0.05) is 44.0 Å². The molecule has 0 spiro atoms. The molecule has 1 saturated heterocycles. The summed E-state index contributed by atoms with van der Waals surface area (Å²) in [4.78, 5) is 12.9. The molecule has 28 heavy (non-hydrogen) atoms. The van der Waals surface area contributed by atoms with Crippen LogP contribution in [-0.2, 0) is 14.8 Å². The molecule has 150 valence electrons. The minimum absolute atomic E-state index is 0.0175. The number of carbonyl (C=O) groups is 1. The van der Waals surface area contributed by atoms with Crippen molar-refractivity contribution in [1.82, 2.24) is 9.62 Å². The van der Waals surface area contributed by atoms with Crippen molar-refractivity contribution >= 4 is 47.8 Å². The van der Waals surface area contributed by atoms with Gasteiger partial charge in [-0.25, -0.2) is 8.42 Å². The van der Waals surface area contributed by atoms with Crippen LogP contribution in [0.5, 0.6) is 0 Å². The van der Waals surface area contributed by atoms with Crippen LogP contribution in [0, 0.1) is 5.92 Å². The van der Waals surface area contributed by atoms with E-state index in [9.17, 15) is 13.2 Å². The lowest BCUT2D eigenvalue weighted by Crippen LogP contribution is -2.43. The SMILES string of the molecule is CC(NC(=O)C1CCN(S(=O)(=O)c2ccc(Br)cc2)CC1)c1ccc(Br)cc1. The Kier molecular flexibility index (Phi) is 6.96. The van der Waals surface area contributed by atoms with Gasteiger partial charge >= 0.3 is 0 Å². The number of halogens is 2. The Morgan fingerprint density at radius 1 is 1.00 bits per heavy atom. The second-order valence-electron chi connectivity index (χ2n) is 6.91. The summed E-state index contributed by atoms with van der Waals surface area (Å²) < 4.78 is 28.8. The number of rotatable bonds is 5. The van der Waals surface area contributed by atoms with Gasteiger partial charge in [0.1, 0.15) is 0 Å². The topological polar surface area (TPSA) is 66.5 Å². The number of sulfonamides is 1. The zero-order valence-electron chi connectivity index (χ0n) is 15.4. The number of nitrogens with one attached hydrogen (secondary N) is 1. The first-order valence-electron chi connectivity index (χ1n) is 9.09. The zero-order chi connectivity index (χ0) is 20.3. The third-order valence-corrected chi connectivity index (χ3v) is 7.98. The van der Waals surface area contributed by atoms with Crippen molar-refractivity contribution in [2.75, 3.05) is 13.1 Å². The molecule has 2 aromatic rings. The van der Waals surface area contributed by atoms with Crippen LogP contribution >= 0.6 is 31.9 Å². The van der Waals surface area contributed by atoms with Crippen molar-refractivity contribution in [3.8, 4) is 0 Å². The number of piperidine rings is 1. The van der Waals surface area contributed by atoms with E-state index in [-0.39, 0.29) is 22.8 Å². The summed E-state index contributed by atoms with van der Waals surface area (Å²) in [5.74, 6) is -0.189. The predicted octanol–water partition coefficient (Wildman–Crippen LogP) is 4.49. The summed E-state index contributed by atoms with van der Waals surface area (Å²) in [6, 6.07) is 14.4. The van der Waals surface area contributed by atoms with Crippen molar-refractivity contribution in [2.45, 2.75) is 30.7 Å². The number of hydrogen-bond acceptors (Lipinski definition) is 3. The summed E-state index contributed by atoms with van der Waals surface area (Å²) >= 11 is 6.72. The molecule has 1 N–H and O–H groups in total. The molecule has 5 nitrogen and oxygen atoms in total. The quantitative estimate of drug-likeness (QED) is 0.620. The van der Waals surface area contributed by atoms with Crippen LogP contribution in [0.1, 0.15) is 31.4 Å². The lowest BCUT2D eigenvalue weighted by Gasteiger charge is -2.31. The third-order valence-electron chi connectivity index (χ3n) is 5.00. The van der Waals surface area contributed by atoms with E-state index >= 15 is 0 Å². The molecule has 0 saturated carbocycles. The summed E-state index contributed by atoms with van der Waals surface area (Å²) in [7, 11) is -3.52. The molecular formula is C20H22Br2N2O3S. The monoisotopic (exact) mass is 528 g/mol. The van der Waals surface area contributed by atoms with Gasteiger partial charge in [-0.3, -0.25) is 4.79 Å². The lowest BCUT2D eigenvalue weighted by molar-refractivity contribution is -0.126. The second-order valence-corrected chi connectivity index (χ2v) is 10.7. The molecule has 3 rings (SSSR count). The van der Waals surface area contributed by atoms with E-state index in [0.29, 0.717) is 25.9 Å². The van der Waals surface area contributed by atoms with E-state index in [0.717, 1.165) is 14.5 Å². The average molecular weight is 530 g/mol. The van der Waals surface area contributed by atoms with Gasteiger partial charge in [0.25, 0.3) is 0 Å². The Hall–Kier alpha value is -1.22. The molecule has 0 aromatic heterocycles. The Bertz CT molecular complexity index is 923. The Balaban J connectivity index is 1.57. The first-order valence-corrected chi connectivity index (χ1v) is 12.1. The van der Waals surface area contributed by atoms with E-state index in [4.69, 9.17) is 0 Å². The molecule has 1 fully saturated rings. The Morgan fingerprint density at radius 2 is 1.50 bits per heavy atom. The molecule has 1 heterocycles. The smallest absolute Gasteiger partial charge is 0.243 e. The maximum Gasteiger partial charge on any atom is 0.243 e. The van der Waals surface area contributed by atoms with Crippen molar-refractivity contribution in [3.63, 3.8) is 0 Å². The molecule has 0 radical (unpaired) electrons. The molecular weight excluding hydrogens is 508 g/mol. The standard InChI is InChI=1S/C20H22Br2N2O3S/c1-14(15-2-4-17(21)5-3-15)23-20(25)16-10-12-24(13-11-16)28(26,27)19-8-6-18(22)7-9-19/h2-9,14,16H,10-13H2,1H3,(H,23,25). The number of benzene rings is 2. The summed E-state index contributed by atoms with van der Waals surface area (Å²) in [5, 5.41) is 3.05. The highest BCUT2D eigenvalue weighted by molar-refractivity contribution is 9.10. The second kappa shape index (κ2) is 9.07. The van der Waals surface area contributed by atoms with Crippen molar-refractivity contribution in [2.24, 2.45) is 5.92 Å². The maximum absolute atomic E-state index is 12.8. The largest absolute Gasteiger partial charge is 0.349 e. The molecule has 1 amide bonds. The average Bonchev–Trinajstić information content (AvgIpc) is 2.69. The van der Waals surface area contributed by atoms with E-state index in [2.05, 4.69) is 37.2 Å². The van der Waals surface area contributed by atoms with E-state index in [1.54, 1.807) is 24.3 Å². The minimum atomic E-state index is -3.52. The van der Waals surface area contributed by atoms with Gasteiger partial charge in [0.05, 0.1) is 10.9 Å². The van der Waals surface area contributed by atoms with Crippen molar-refractivity contribution in [3.05, 3.63) is 63.0 Å². The van der Waals surface area contributed by atoms with Crippen LogP contribution in [0.3, 0.4) is 0 Å². The summed E-state index contributed by atoms with van der Waals surface area (Å²) in [6.45, 7) is 2.65. The normalized spacial score (nSPS) is 17.2. The van der Waals surface area contributed by atoms with Gasteiger partial charge in [0.15, 0.2) is 0 Å². The molecule has 1 atom stereocenters. The highest BCUT2D eigenvalue weighted by atomic mass is 79.9. The molecule has 1 aliphatic heterocycles. The first-order chi connectivity index (χ1) is 13.3. The molecule has 8 heteroatoms. The highest BCUT2D eigenvalue weighted by Gasteiger charge is 2.32. The van der Waals surface area contributed by atoms with Crippen LogP contribution in [0.15, 0.2) is 62.4 Å². The Labute approximate surface area is 182 Å². The summed E-state index contributed by atoms with van der Waals surface area (Å²) in [5.41, 5.74) is 1.03. The predicted molar refractivity (Wildman–Crippen MR) is 116 cm³/mol. The van der Waals surface area contributed by atoms with Crippen molar-refractivity contribution < 1.29 is 13.2 Å². The van der Waals surface area contributed by atoms with E-state index in [1.165, 1.54) is 4.31 Å². The van der Waals surface area contributed by atoms with Crippen LogP contribution in [0.4, 0.5) is 0 Å². The fourth-order valence-corrected chi connectivity index (χ4v) is 5.28. The van der Waals surface area contributed by atoms with Crippen molar-refractivity contribution in [1.29, 1.82) is 0 Å². The number of amides is 1. The maximum atomic E-state index is 12.8. The van der Waals surface area contributed by atoms with Gasteiger partial charge in [0.2, 0.25) is 15.9 Å². The fraction of sp³-hybridized carbons (Fsp3) is 0.350. The molecule has 2 aromatic carbocycles.